The molecule has 0 radical (unpaired) electrons. The molecule has 8 heteroatoms. The summed E-state index contributed by atoms with van der Waals surface area (Å²) in [6.07, 6.45) is -2.51. The smallest absolute Gasteiger partial charge is 0.238 e. The molecule has 0 aliphatic rings. The summed E-state index contributed by atoms with van der Waals surface area (Å²) in [6, 6.07) is 7.51. The highest BCUT2D eigenvalue weighted by Crippen LogP contribution is 2.27. The van der Waals surface area contributed by atoms with Crippen molar-refractivity contribution in [2.45, 2.75) is 26.8 Å². The first-order chi connectivity index (χ1) is 10.9. The summed E-state index contributed by atoms with van der Waals surface area (Å²) in [7, 11) is 0. The van der Waals surface area contributed by atoms with Crippen molar-refractivity contribution in [2.24, 2.45) is 0 Å². The highest BCUT2D eigenvalue weighted by molar-refractivity contribution is 9.10. The molecule has 0 amide bonds. The topological polar surface area (TPSA) is 43.6 Å². The van der Waals surface area contributed by atoms with Gasteiger partial charge in [0.2, 0.25) is 0 Å². The van der Waals surface area contributed by atoms with E-state index in [0.717, 1.165) is 20.5 Å². The van der Waals surface area contributed by atoms with Gasteiger partial charge in [0.05, 0.1) is 0 Å². The molecule has 0 unspecified atom stereocenters. The Kier molecular flexibility index (Phi) is 4.54. The molecule has 0 saturated heterocycles. The predicted molar refractivity (Wildman–Crippen MR) is 89.7 cm³/mol. The van der Waals surface area contributed by atoms with Crippen LogP contribution in [0.1, 0.15) is 10.4 Å². The molecule has 0 aliphatic heterocycles. The zero-order valence-corrected chi connectivity index (χ0v) is 14.8. The molecular weight excluding hydrogens is 386 g/mol. The van der Waals surface area contributed by atoms with Gasteiger partial charge in [0.1, 0.15) is 12.2 Å². The Morgan fingerprint density at radius 1 is 1.26 bits per heavy atom. The average Bonchev–Trinajstić information content (AvgIpc) is 3.08. The Labute approximate surface area is 144 Å². The molecule has 0 bridgehead atoms. The average molecular weight is 399 g/mol. The van der Waals surface area contributed by atoms with Crippen molar-refractivity contribution in [2.75, 3.05) is 0 Å². The summed E-state index contributed by atoms with van der Waals surface area (Å²) in [6.45, 7) is 3.37. The lowest BCUT2D eigenvalue weighted by molar-refractivity contribution is 0.122. The van der Waals surface area contributed by atoms with Crippen molar-refractivity contribution in [1.29, 1.82) is 0 Å². The highest BCUT2D eigenvalue weighted by Gasteiger charge is 2.18. The lowest BCUT2D eigenvalue weighted by Crippen LogP contribution is -2.09. The summed E-state index contributed by atoms with van der Waals surface area (Å²) in [5.41, 5.74) is 2.41. The lowest BCUT2D eigenvalue weighted by atomic mass is 10.1. The van der Waals surface area contributed by atoms with E-state index in [9.17, 15) is 8.78 Å². The van der Waals surface area contributed by atoms with E-state index in [1.807, 2.05) is 38.1 Å². The largest absolute Gasteiger partial charge is 0.258 e. The molecule has 3 aromatic rings. The standard InChI is InChI=1S/C15H13BrF2N4S/c1-8-3-4-10(6-11(8)16)14-19-15(12-5-9(2)23-21-12)22(20-14)7-13(17)18/h3-6,13H,7H2,1-2H3. The van der Waals surface area contributed by atoms with Gasteiger partial charge in [0.25, 0.3) is 6.43 Å². The fourth-order valence-electron chi connectivity index (χ4n) is 2.12. The van der Waals surface area contributed by atoms with Crippen LogP contribution < -0.4 is 0 Å². The molecule has 0 N–H and O–H groups in total. The van der Waals surface area contributed by atoms with Crippen LogP contribution in [0.5, 0.6) is 0 Å². The number of hydrogen-bond donors (Lipinski definition) is 0. The fraction of sp³-hybridized carbons (Fsp3) is 0.267. The number of aromatic nitrogens is 4. The van der Waals surface area contributed by atoms with E-state index < -0.39 is 13.0 Å². The molecule has 0 saturated carbocycles. The Balaban J connectivity index is 2.08. The number of halogens is 3. The number of rotatable bonds is 4. The van der Waals surface area contributed by atoms with Crippen molar-refractivity contribution in [1.82, 2.24) is 19.1 Å². The third kappa shape index (κ3) is 3.48. The summed E-state index contributed by atoms with van der Waals surface area (Å²) in [5.74, 6) is 0.772. The van der Waals surface area contributed by atoms with Gasteiger partial charge in [-0.3, -0.25) is 0 Å². The highest BCUT2D eigenvalue weighted by atomic mass is 79.9. The maximum Gasteiger partial charge on any atom is 0.258 e. The van der Waals surface area contributed by atoms with Gasteiger partial charge in [-0.05, 0) is 43.1 Å². The van der Waals surface area contributed by atoms with Gasteiger partial charge >= 0.3 is 0 Å². The summed E-state index contributed by atoms with van der Waals surface area (Å²) >= 11 is 4.77. The first-order valence-electron chi connectivity index (χ1n) is 6.87. The van der Waals surface area contributed by atoms with Crippen molar-refractivity contribution in [3.8, 4) is 22.9 Å². The Hall–Kier alpha value is -1.67. The van der Waals surface area contributed by atoms with Crippen LogP contribution in [0.25, 0.3) is 22.9 Å². The third-order valence-corrected chi connectivity index (χ3v) is 4.82. The van der Waals surface area contributed by atoms with Crippen molar-refractivity contribution in [3.63, 3.8) is 0 Å². The number of aryl methyl sites for hydroxylation is 2. The Morgan fingerprint density at radius 3 is 2.65 bits per heavy atom. The minimum absolute atomic E-state index is 0.362. The van der Waals surface area contributed by atoms with E-state index in [2.05, 4.69) is 30.4 Å². The van der Waals surface area contributed by atoms with E-state index in [4.69, 9.17) is 0 Å². The van der Waals surface area contributed by atoms with Gasteiger partial charge in [-0.1, -0.05) is 28.1 Å². The van der Waals surface area contributed by atoms with Gasteiger partial charge in [-0.25, -0.2) is 18.4 Å². The van der Waals surface area contributed by atoms with Gasteiger partial charge in [0.15, 0.2) is 11.6 Å². The number of nitrogens with zero attached hydrogens (tertiary/aromatic N) is 4. The van der Waals surface area contributed by atoms with Crippen molar-refractivity contribution in [3.05, 3.63) is 39.2 Å². The van der Waals surface area contributed by atoms with Crippen LogP contribution in [0.3, 0.4) is 0 Å². The maximum atomic E-state index is 12.8. The van der Waals surface area contributed by atoms with Crippen LogP contribution >= 0.6 is 27.5 Å². The first kappa shape index (κ1) is 16.2. The molecular formula is C15H13BrF2N4S. The normalized spacial score (nSPS) is 11.4. The molecule has 2 aromatic heterocycles. The third-order valence-electron chi connectivity index (χ3n) is 3.27. The zero-order chi connectivity index (χ0) is 16.6. The van der Waals surface area contributed by atoms with Gasteiger partial charge in [0, 0.05) is 14.9 Å². The van der Waals surface area contributed by atoms with Crippen molar-refractivity contribution < 1.29 is 8.78 Å². The van der Waals surface area contributed by atoms with Crippen LogP contribution in [0.4, 0.5) is 8.78 Å². The van der Waals surface area contributed by atoms with E-state index in [-0.39, 0.29) is 0 Å². The molecule has 0 spiro atoms. The SMILES string of the molecule is Cc1cc(-c2nc(-c3ccc(C)c(Br)c3)nn2CC(F)F)ns1. The molecule has 2 heterocycles. The Morgan fingerprint density at radius 2 is 2.04 bits per heavy atom. The Bertz CT molecular complexity index is 844. The summed E-state index contributed by atoms with van der Waals surface area (Å²) in [5, 5.41) is 4.25. The molecule has 120 valence electrons. The van der Waals surface area contributed by atoms with E-state index in [1.165, 1.54) is 16.2 Å². The minimum Gasteiger partial charge on any atom is -0.238 e. The molecule has 3 rings (SSSR count). The van der Waals surface area contributed by atoms with E-state index in [1.54, 1.807) is 0 Å². The molecule has 1 aromatic carbocycles. The predicted octanol–water partition coefficient (Wildman–Crippen LogP) is 4.71. The van der Waals surface area contributed by atoms with Crippen molar-refractivity contribution >= 4 is 27.5 Å². The van der Waals surface area contributed by atoms with E-state index in [0.29, 0.717) is 17.3 Å². The molecule has 0 aliphatic carbocycles. The lowest BCUT2D eigenvalue weighted by Gasteiger charge is -2.02. The van der Waals surface area contributed by atoms with Crippen LogP contribution in [0.2, 0.25) is 0 Å². The fourth-order valence-corrected chi connectivity index (χ4v) is 3.04. The maximum absolute atomic E-state index is 12.8. The molecule has 0 fully saturated rings. The molecule has 0 atom stereocenters. The van der Waals surface area contributed by atoms with E-state index >= 15 is 0 Å². The van der Waals surface area contributed by atoms with Crippen LogP contribution in [0.15, 0.2) is 28.7 Å². The van der Waals surface area contributed by atoms with Gasteiger partial charge in [-0.2, -0.15) is 9.47 Å². The van der Waals surface area contributed by atoms with Gasteiger partial charge < -0.3 is 0 Å². The van der Waals surface area contributed by atoms with Crippen LogP contribution in [0, 0.1) is 13.8 Å². The quantitative estimate of drug-likeness (QED) is 0.638. The van der Waals surface area contributed by atoms with Gasteiger partial charge in [-0.15, -0.1) is 0 Å². The van der Waals surface area contributed by atoms with Crippen LogP contribution in [-0.4, -0.2) is 25.6 Å². The summed E-state index contributed by atoms with van der Waals surface area (Å²) < 4.78 is 32.1. The number of hydrogen-bond acceptors (Lipinski definition) is 4. The minimum atomic E-state index is -2.51. The van der Waals surface area contributed by atoms with Crippen LogP contribution in [-0.2, 0) is 6.54 Å². The monoisotopic (exact) mass is 398 g/mol. The number of alkyl halides is 2. The number of benzene rings is 1. The second-order valence-electron chi connectivity index (χ2n) is 5.12. The summed E-state index contributed by atoms with van der Waals surface area (Å²) in [4.78, 5) is 5.42. The second kappa shape index (κ2) is 6.45. The molecule has 23 heavy (non-hydrogen) atoms. The molecule has 4 nitrogen and oxygen atoms in total. The first-order valence-corrected chi connectivity index (χ1v) is 8.44. The second-order valence-corrected chi connectivity index (χ2v) is 6.98. The zero-order valence-electron chi connectivity index (χ0n) is 12.4.